The maximum absolute atomic E-state index is 11.6. The molecule has 0 saturated heterocycles. The van der Waals surface area contributed by atoms with Gasteiger partial charge >= 0.3 is 0 Å². The topological polar surface area (TPSA) is 74.6 Å². The summed E-state index contributed by atoms with van der Waals surface area (Å²) in [6, 6.07) is 0. The number of unbranched alkanes of at least 4 members (excludes halogenated alkanes) is 13. The van der Waals surface area contributed by atoms with E-state index in [-0.39, 0.29) is 6.10 Å². The van der Waals surface area contributed by atoms with Crippen LogP contribution in [-0.2, 0) is 10.1 Å². The Bertz CT molecular complexity index is 436. The molecule has 0 bridgehead atoms. The summed E-state index contributed by atoms with van der Waals surface area (Å²) in [5, 5.41) is 9.48. The van der Waals surface area contributed by atoms with Crippen LogP contribution in [0.5, 0.6) is 0 Å². The Morgan fingerprint density at radius 3 is 1.21 bits per heavy atom. The zero-order chi connectivity index (χ0) is 21.8. The van der Waals surface area contributed by atoms with Crippen molar-refractivity contribution in [1.29, 1.82) is 0 Å². The molecule has 5 heteroatoms. The summed E-state index contributed by atoms with van der Waals surface area (Å²) in [6.07, 6.45) is 21.0. The lowest BCUT2D eigenvalue weighted by Crippen LogP contribution is -2.20. The van der Waals surface area contributed by atoms with Crippen molar-refractivity contribution in [3.8, 4) is 0 Å². The molecule has 0 spiro atoms. The molecule has 0 amide bonds. The van der Waals surface area contributed by atoms with Crippen molar-refractivity contribution in [2.24, 2.45) is 0 Å². The minimum absolute atomic E-state index is 0.155. The molecule has 0 aromatic heterocycles. The first kappa shape index (κ1) is 28.9. The third-order valence-corrected chi connectivity index (χ3v) is 7.32. The third-order valence-electron chi connectivity index (χ3n) is 6.01. The van der Waals surface area contributed by atoms with Gasteiger partial charge in [0, 0.05) is 0 Å². The first-order chi connectivity index (χ1) is 13.9. The maximum atomic E-state index is 11.6. The summed E-state index contributed by atoms with van der Waals surface area (Å²) in [6.45, 7) is 4.39. The summed E-state index contributed by atoms with van der Waals surface area (Å²) in [4.78, 5) is 0. The van der Waals surface area contributed by atoms with E-state index in [1.54, 1.807) is 0 Å². The number of aliphatic hydroxyl groups is 1. The molecule has 0 rings (SSSR count). The third kappa shape index (κ3) is 19.6. The molecule has 0 radical (unpaired) electrons. The maximum Gasteiger partial charge on any atom is 0.267 e. The van der Waals surface area contributed by atoms with Crippen LogP contribution < -0.4 is 0 Å². The Balaban J connectivity index is 3.66. The van der Waals surface area contributed by atoms with Crippen LogP contribution in [0.25, 0.3) is 0 Å². The fourth-order valence-corrected chi connectivity index (χ4v) is 4.93. The molecule has 176 valence electrons. The lowest BCUT2D eigenvalue weighted by molar-refractivity contribution is 0.147. The number of aliphatic hydroxyl groups excluding tert-OH is 1. The van der Waals surface area contributed by atoms with Crippen LogP contribution in [0.1, 0.15) is 142 Å². The van der Waals surface area contributed by atoms with Gasteiger partial charge in [0.05, 0.1) is 11.4 Å². The molecule has 29 heavy (non-hydrogen) atoms. The average molecular weight is 435 g/mol. The SMILES string of the molecule is CCCCCCCCC(O)CCCCCCCC(CCCCCCC)S(=O)(=O)O. The van der Waals surface area contributed by atoms with Gasteiger partial charge in [-0.1, -0.05) is 117 Å². The van der Waals surface area contributed by atoms with Gasteiger partial charge < -0.3 is 5.11 Å². The Morgan fingerprint density at radius 1 is 0.552 bits per heavy atom. The summed E-state index contributed by atoms with van der Waals surface area (Å²) in [5.74, 6) is 0. The van der Waals surface area contributed by atoms with Crippen molar-refractivity contribution in [2.45, 2.75) is 154 Å². The Hall–Kier alpha value is -0.130. The zero-order valence-corrected chi connectivity index (χ0v) is 20.2. The van der Waals surface area contributed by atoms with Crippen molar-refractivity contribution in [1.82, 2.24) is 0 Å². The van der Waals surface area contributed by atoms with E-state index in [4.69, 9.17) is 0 Å². The molecule has 0 heterocycles. The van der Waals surface area contributed by atoms with Crippen molar-refractivity contribution in [2.75, 3.05) is 0 Å². The smallest absolute Gasteiger partial charge is 0.267 e. The summed E-state index contributed by atoms with van der Waals surface area (Å²) >= 11 is 0. The predicted molar refractivity (Wildman–Crippen MR) is 125 cm³/mol. The lowest BCUT2D eigenvalue weighted by Gasteiger charge is -2.14. The first-order valence-corrected chi connectivity index (χ1v) is 14.1. The van der Waals surface area contributed by atoms with E-state index in [1.165, 1.54) is 44.9 Å². The van der Waals surface area contributed by atoms with Crippen LogP contribution in [-0.4, -0.2) is 29.4 Å². The second-order valence-corrected chi connectivity index (χ2v) is 10.6. The molecule has 0 aliphatic carbocycles. The van der Waals surface area contributed by atoms with Crippen molar-refractivity contribution in [3.05, 3.63) is 0 Å². The molecule has 4 nitrogen and oxygen atoms in total. The fraction of sp³-hybridized carbons (Fsp3) is 1.00. The Labute approximate surface area is 182 Å². The summed E-state index contributed by atoms with van der Waals surface area (Å²) < 4.78 is 32.6. The quantitative estimate of drug-likeness (QED) is 0.137. The van der Waals surface area contributed by atoms with Crippen LogP contribution in [0.3, 0.4) is 0 Å². The van der Waals surface area contributed by atoms with Crippen LogP contribution in [0.15, 0.2) is 0 Å². The molecule has 0 aromatic carbocycles. The highest BCUT2D eigenvalue weighted by atomic mass is 32.2. The predicted octanol–water partition coefficient (Wildman–Crippen LogP) is 7.45. The van der Waals surface area contributed by atoms with Gasteiger partial charge in [-0.2, -0.15) is 8.42 Å². The second kappa shape index (κ2) is 19.8. The van der Waals surface area contributed by atoms with Crippen molar-refractivity contribution in [3.63, 3.8) is 0 Å². The highest BCUT2D eigenvalue weighted by molar-refractivity contribution is 7.86. The molecule has 2 unspecified atom stereocenters. The lowest BCUT2D eigenvalue weighted by atomic mass is 10.0. The van der Waals surface area contributed by atoms with E-state index in [9.17, 15) is 18.1 Å². The number of hydrogen-bond acceptors (Lipinski definition) is 3. The Morgan fingerprint density at radius 2 is 0.862 bits per heavy atom. The van der Waals surface area contributed by atoms with Crippen LogP contribution >= 0.6 is 0 Å². The van der Waals surface area contributed by atoms with Gasteiger partial charge in [0.15, 0.2) is 0 Å². The van der Waals surface area contributed by atoms with Crippen molar-refractivity contribution >= 4 is 10.1 Å². The molecule has 0 fully saturated rings. The average Bonchev–Trinajstić information content (AvgIpc) is 2.67. The van der Waals surface area contributed by atoms with Gasteiger partial charge in [0.1, 0.15) is 0 Å². The fourth-order valence-electron chi connectivity index (χ4n) is 4.00. The molecular formula is C24H50O4S. The highest BCUT2D eigenvalue weighted by Gasteiger charge is 2.21. The van der Waals surface area contributed by atoms with E-state index in [1.807, 2.05) is 0 Å². The molecule has 0 saturated carbocycles. The molecule has 0 aromatic rings. The molecule has 0 aliphatic heterocycles. The van der Waals surface area contributed by atoms with Gasteiger partial charge in [-0.05, 0) is 25.7 Å². The normalized spacial score (nSPS) is 14.2. The van der Waals surface area contributed by atoms with E-state index in [0.717, 1.165) is 70.6 Å². The molecule has 0 aliphatic rings. The highest BCUT2D eigenvalue weighted by Crippen LogP contribution is 2.19. The van der Waals surface area contributed by atoms with Gasteiger partial charge in [-0.15, -0.1) is 0 Å². The monoisotopic (exact) mass is 434 g/mol. The molecule has 2 atom stereocenters. The second-order valence-electron chi connectivity index (χ2n) is 8.90. The van der Waals surface area contributed by atoms with Gasteiger partial charge in [-0.25, -0.2) is 0 Å². The van der Waals surface area contributed by atoms with E-state index in [2.05, 4.69) is 13.8 Å². The summed E-state index contributed by atoms with van der Waals surface area (Å²) in [7, 11) is -3.92. The minimum atomic E-state index is -3.92. The van der Waals surface area contributed by atoms with Gasteiger partial charge in [0.25, 0.3) is 10.1 Å². The van der Waals surface area contributed by atoms with Crippen LogP contribution in [0.2, 0.25) is 0 Å². The first-order valence-electron chi connectivity index (χ1n) is 12.6. The summed E-state index contributed by atoms with van der Waals surface area (Å²) in [5.41, 5.74) is 0. The molecule has 2 N–H and O–H groups in total. The zero-order valence-electron chi connectivity index (χ0n) is 19.4. The Kier molecular flexibility index (Phi) is 19.7. The van der Waals surface area contributed by atoms with Crippen LogP contribution in [0.4, 0.5) is 0 Å². The van der Waals surface area contributed by atoms with Gasteiger partial charge in [0.2, 0.25) is 0 Å². The van der Waals surface area contributed by atoms with Gasteiger partial charge in [-0.3, -0.25) is 4.55 Å². The number of rotatable bonds is 22. The van der Waals surface area contributed by atoms with E-state index in [0.29, 0.717) is 12.8 Å². The van der Waals surface area contributed by atoms with E-state index < -0.39 is 15.4 Å². The minimum Gasteiger partial charge on any atom is -0.393 e. The standard InChI is InChI=1S/C24H50O4S/c1-3-5-7-9-12-15-19-23(25)20-16-13-10-14-18-22-24(29(26,27)28)21-17-11-8-6-4-2/h23-25H,3-22H2,1-2H3,(H,26,27,28). The van der Waals surface area contributed by atoms with Crippen LogP contribution in [0, 0.1) is 0 Å². The van der Waals surface area contributed by atoms with Crippen molar-refractivity contribution < 1.29 is 18.1 Å². The largest absolute Gasteiger partial charge is 0.393 e. The number of hydrogen-bond donors (Lipinski definition) is 2. The molecular weight excluding hydrogens is 384 g/mol. The van der Waals surface area contributed by atoms with E-state index >= 15 is 0 Å².